The molecule has 2 aromatic carbocycles. The van der Waals surface area contributed by atoms with E-state index in [2.05, 4.69) is 25.8 Å². The summed E-state index contributed by atoms with van der Waals surface area (Å²) in [5.41, 5.74) is 2.73. The Morgan fingerprint density at radius 3 is 2.31 bits per heavy atom. The highest BCUT2D eigenvalue weighted by Gasteiger charge is 2.40. The number of carbonyl (C=O) groups excluding carboxylic acids is 6. The van der Waals surface area contributed by atoms with Gasteiger partial charge in [0.1, 0.15) is 12.6 Å². The number of nitrogens with one attached hydrogen (secondary N) is 3. The van der Waals surface area contributed by atoms with Gasteiger partial charge in [-0.25, -0.2) is 4.79 Å². The van der Waals surface area contributed by atoms with Crippen molar-refractivity contribution in [2.45, 2.75) is 44.2 Å². The number of rotatable bonds is 13. The molecular formula is C37H44N6O8. The van der Waals surface area contributed by atoms with Crippen LogP contribution in [0.15, 0.2) is 60.3 Å². The Bertz CT molecular complexity index is 1650. The number of anilines is 1. The number of imide groups is 1. The number of ether oxygens (including phenoxy) is 2. The summed E-state index contributed by atoms with van der Waals surface area (Å²) in [6.45, 7) is 6.74. The second kappa shape index (κ2) is 16.9. The summed E-state index contributed by atoms with van der Waals surface area (Å²) in [5.74, 6) is -1.42. The highest BCUT2D eigenvalue weighted by atomic mass is 16.6. The second-order valence-corrected chi connectivity index (χ2v) is 13.2. The minimum atomic E-state index is -0.738. The molecule has 51 heavy (non-hydrogen) atoms. The first-order chi connectivity index (χ1) is 24.8. The lowest BCUT2D eigenvalue weighted by atomic mass is 9.80. The van der Waals surface area contributed by atoms with Crippen molar-refractivity contribution in [1.82, 2.24) is 25.3 Å². The highest BCUT2D eigenvalue weighted by Crippen LogP contribution is 2.33. The van der Waals surface area contributed by atoms with Crippen LogP contribution < -0.4 is 16.0 Å². The van der Waals surface area contributed by atoms with E-state index in [1.807, 2.05) is 30.3 Å². The van der Waals surface area contributed by atoms with Gasteiger partial charge in [0, 0.05) is 94.6 Å². The Morgan fingerprint density at radius 1 is 0.863 bits per heavy atom. The first-order valence-corrected chi connectivity index (χ1v) is 17.5. The summed E-state index contributed by atoms with van der Waals surface area (Å²) in [7, 11) is 0. The van der Waals surface area contributed by atoms with Crippen molar-refractivity contribution >= 4 is 41.1 Å². The number of allylic oxidation sites excluding steroid dienone is 1. The summed E-state index contributed by atoms with van der Waals surface area (Å²) >= 11 is 0. The van der Waals surface area contributed by atoms with E-state index in [0.29, 0.717) is 42.8 Å². The molecule has 270 valence electrons. The third-order valence-corrected chi connectivity index (χ3v) is 9.85. The van der Waals surface area contributed by atoms with E-state index in [1.165, 1.54) is 4.90 Å². The molecule has 3 fully saturated rings. The van der Waals surface area contributed by atoms with E-state index in [1.54, 1.807) is 24.4 Å². The molecule has 4 amide bonds. The normalized spacial score (nSPS) is 21.4. The molecule has 14 nitrogen and oxygen atoms in total. The van der Waals surface area contributed by atoms with E-state index in [0.717, 1.165) is 44.8 Å². The quantitative estimate of drug-likeness (QED) is 0.121. The van der Waals surface area contributed by atoms with Crippen LogP contribution >= 0.6 is 0 Å². The number of nitrogens with zero attached hydrogens (tertiary/aromatic N) is 3. The van der Waals surface area contributed by atoms with Crippen LogP contribution in [0.3, 0.4) is 0 Å². The molecule has 3 aliphatic heterocycles. The fraction of sp³-hybridized carbons (Fsp3) is 0.459. The lowest BCUT2D eigenvalue weighted by molar-refractivity contribution is -0.137. The van der Waals surface area contributed by atoms with Crippen molar-refractivity contribution in [3.63, 3.8) is 0 Å². The Balaban J connectivity index is 0.820. The topological polar surface area (TPSA) is 167 Å². The standard InChI is InChI=1S/C37H44N6O8/c44-32-21-26(25-5-2-1-3-6-25)22-33(45)28(32)23-38-11-12-41-13-15-42(16-14-41)17-18-50-19-20-51-37(49)39-30-8-4-7-27-29(30)24-43(36(27)48)31-9-10-34(46)40-35(31)47/h1-8,23,26,31,38H,9-22,24H2,(H,39,49)(H,40,46,47). The number of piperazine rings is 1. The van der Waals surface area contributed by atoms with Gasteiger partial charge < -0.3 is 19.7 Å². The van der Waals surface area contributed by atoms with Gasteiger partial charge in [-0.1, -0.05) is 36.4 Å². The van der Waals surface area contributed by atoms with Crippen LogP contribution in [0.4, 0.5) is 10.5 Å². The molecule has 3 heterocycles. The van der Waals surface area contributed by atoms with E-state index in [4.69, 9.17) is 9.47 Å². The number of hydrogen-bond donors (Lipinski definition) is 3. The highest BCUT2D eigenvalue weighted by molar-refractivity contribution is 6.22. The van der Waals surface area contributed by atoms with Crippen LogP contribution in [0.1, 0.15) is 53.1 Å². The number of fused-ring (bicyclic) bond motifs is 1. The van der Waals surface area contributed by atoms with Gasteiger partial charge >= 0.3 is 6.09 Å². The first kappa shape index (κ1) is 35.9. The number of hydrogen-bond acceptors (Lipinski definition) is 11. The predicted molar refractivity (Wildman–Crippen MR) is 186 cm³/mol. The Morgan fingerprint density at radius 2 is 1.59 bits per heavy atom. The molecule has 2 aromatic rings. The van der Waals surface area contributed by atoms with Gasteiger partial charge in [-0.3, -0.25) is 44.4 Å². The van der Waals surface area contributed by atoms with Crippen LogP contribution in [0.5, 0.6) is 0 Å². The minimum absolute atomic E-state index is 0.0506. The molecule has 14 heteroatoms. The molecule has 1 saturated carbocycles. The molecule has 0 aromatic heterocycles. The van der Waals surface area contributed by atoms with E-state index in [-0.39, 0.29) is 67.5 Å². The SMILES string of the molecule is O=C1CCC(N2Cc3c(NC(=O)OCCOCCN4CCN(CCNC=C5C(=O)CC(c6ccccc6)CC5=O)CC4)cccc3C2=O)C(=O)N1. The number of amides is 4. The van der Waals surface area contributed by atoms with Gasteiger partial charge in [0.25, 0.3) is 5.91 Å². The molecule has 1 unspecified atom stereocenters. The summed E-state index contributed by atoms with van der Waals surface area (Å²) in [4.78, 5) is 80.8. The lowest BCUT2D eigenvalue weighted by Gasteiger charge is -2.34. The zero-order valence-electron chi connectivity index (χ0n) is 28.6. The van der Waals surface area contributed by atoms with Gasteiger partial charge in [0.2, 0.25) is 11.8 Å². The smallest absolute Gasteiger partial charge is 0.411 e. The van der Waals surface area contributed by atoms with Crippen LogP contribution in [0.25, 0.3) is 0 Å². The molecule has 0 bridgehead atoms. The van der Waals surface area contributed by atoms with Crippen molar-refractivity contribution in [1.29, 1.82) is 0 Å². The van der Waals surface area contributed by atoms with Crippen LogP contribution in [0.2, 0.25) is 0 Å². The number of benzene rings is 2. The van der Waals surface area contributed by atoms with Crippen LogP contribution in [-0.2, 0) is 35.2 Å². The van der Waals surface area contributed by atoms with Crippen LogP contribution in [0, 0.1) is 0 Å². The molecule has 1 atom stereocenters. The summed E-state index contributed by atoms with van der Waals surface area (Å²) in [5, 5.41) is 8.16. The Kier molecular flexibility index (Phi) is 11.9. The second-order valence-electron chi connectivity index (χ2n) is 13.2. The Labute approximate surface area is 296 Å². The maximum Gasteiger partial charge on any atom is 0.411 e. The third-order valence-electron chi connectivity index (χ3n) is 9.85. The molecule has 0 spiro atoms. The van der Waals surface area contributed by atoms with Crippen LogP contribution in [-0.4, -0.2) is 122 Å². The fourth-order valence-electron chi connectivity index (χ4n) is 6.99. The number of Topliss-reactive ketones (excluding diaryl/α,β-unsaturated/α-hetero) is 2. The predicted octanol–water partition coefficient (Wildman–Crippen LogP) is 1.82. The number of ketones is 2. The molecule has 1 aliphatic carbocycles. The van der Waals surface area contributed by atoms with Gasteiger partial charge in [-0.2, -0.15) is 0 Å². The molecular weight excluding hydrogens is 656 g/mol. The molecule has 6 rings (SSSR count). The average molecular weight is 701 g/mol. The monoisotopic (exact) mass is 700 g/mol. The Hall–Kier alpha value is -4.92. The zero-order valence-corrected chi connectivity index (χ0v) is 28.6. The largest absolute Gasteiger partial charge is 0.447 e. The van der Waals surface area contributed by atoms with Crippen molar-refractivity contribution in [2.24, 2.45) is 0 Å². The summed E-state index contributed by atoms with van der Waals surface area (Å²) in [6, 6.07) is 14.0. The average Bonchev–Trinajstić information content (AvgIpc) is 3.46. The first-order valence-electron chi connectivity index (χ1n) is 17.5. The van der Waals surface area contributed by atoms with Crippen molar-refractivity contribution in [3.05, 3.63) is 77.0 Å². The van der Waals surface area contributed by atoms with Gasteiger partial charge in [0.05, 0.1) is 18.8 Å². The fourth-order valence-corrected chi connectivity index (χ4v) is 6.99. The van der Waals surface area contributed by atoms with E-state index < -0.39 is 18.0 Å². The van der Waals surface area contributed by atoms with Crippen molar-refractivity contribution in [2.75, 3.05) is 71.0 Å². The molecule has 4 aliphatic rings. The van der Waals surface area contributed by atoms with Gasteiger partial charge in [0.15, 0.2) is 11.6 Å². The molecule has 3 N–H and O–H groups in total. The summed E-state index contributed by atoms with van der Waals surface area (Å²) < 4.78 is 11.0. The third kappa shape index (κ3) is 9.06. The van der Waals surface area contributed by atoms with Crippen molar-refractivity contribution < 1.29 is 38.2 Å². The maximum absolute atomic E-state index is 13.0. The van der Waals surface area contributed by atoms with Gasteiger partial charge in [-0.05, 0) is 30.0 Å². The van der Waals surface area contributed by atoms with Gasteiger partial charge in [-0.15, -0.1) is 0 Å². The minimum Gasteiger partial charge on any atom is -0.447 e. The maximum atomic E-state index is 13.0. The molecule has 2 saturated heterocycles. The van der Waals surface area contributed by atoms with E-state index in [9.17, 15) is 28.8 Å². The molecule has 0 radical (unpaired) electrons. The summed E-state index contributed by atoms with van der Waals surface area (Å²) in [6.07, 6.45) is 2.06. The lowest BCUT2D eigenvalue weighted by Crippen LogP contribution is -2.52. The zero-order chi connectivity index (χ0) is 35.7. The van der Waals surface area contributed by atoms with Crippen molar-refractivity contribution in [3.8, 4) is 0 Å². The number of carbonyl (C=O) groups is 6. The van der Waals surface area contributed by atoms with E-state index >= 15 is 0 Å². The number of piperidine rings is 1.